The average molecular weight is 425 g/mol. The van der Waals surface area contributed by atoms with Gasteiger partial charge in [0, 0.05) is 35.6 Å². The summed E-state index contributed by atoms with van der Waals surface area (Å²) < 4.78 is 17.0. The zero-order chi connectivity index (χ0) is 4.71. The molecule has 0 unspecified atom stereocenters. The summed E-state index contributed by atoms with van der Waals surface area (Å²) in [4.78, 5) is 0. The van der Waals surface area contributed by atoms with Gasteiger partial charge in [-0.25, -0.2) is 0 Å². The molecule has 0 aliphatic carbocycles. The monoisotopic (exact) mass is 425 g/mol. The minimum absolute atomic E-state index is 0. The topological polar surface area (TPSA) is 34.1 Å². The zero-order valence-corrected chi connectivity index (χ0v) is 12.1. The minimum atomic E-state index is 0. The second-order valence-electron chi connectivity index (χ2n) is 0.0786. The van der Waals surface area contributed by atoms with Gasteiger partial charge in [0.15, 0.2) is 0 Å². The van der Waals surface area contributed by atoms with E-state index in [-0.39, 0.29) is 35.6 Å². The molecule has 0 aromatic heterocycles. The van der Waals surface area contributed by atoms with Gasteiger partial charge in [-0.15, -0.1) is 0 Å². The molecule has 0 saturated carbocycles. The molecular formula is CoFeLa2O2. The first kappa shape index (κ1) is 16.0. The fourth-order valence-corrected chi connectivity index (χ4v) is 0. The number of hydrogen-bond donors (Lipinski definition) is 0. The van der Waals surface area contributed by atoms with E-state index in [2.05, 4.69) is 0 Å². The van der Waals surface area contributed by atoms with Crippen LogP contribution in [0.3, 0.4) is 0 Å². The summed E-state index contributed by atoms with van der Waals surface area (Å²) in [5, 5.41) is 0. The van der Waals surface area contributed by atoms with Crippen molar-refractivity contribution in [2.45, 2.75) is 0 Å². The predicted octanol–water partition coefficient (Wildman–Crippen LogP) is -0.243. The fraction of sp³-hybridized carbons (Fsp3) is 0. The Morgan fingerprint density at radius 2 is 1.50 bits per heavy atom. The number of hydrogen-bond acceptors (Lipinski definition) is 2. The van der Waals surface area contributed by atoms with Crippen molar-refractivity contribution in [3.63, 3.8) is 0 Å². The summed E-state index contributed by atoms with van der Waals surface area (Å²) in [6, 6.07) is 0. The van der Waals surface area contributed by atoms with Crippen LogP contribution in [0.15, 0.2) is 0 Å². The first-order valence-electron chi connectivity index (χ1n) is 0.473. The van der Waals surface area contributed by atoms with Gasteiger partial charge in [-0.05, 0) is 0 Å². The van der Waals surface area contributed by atoms with E-state index in [0.29, 0.717) is 39.9 Å². The second-order valence-corrected chi connectivity index (χ2v) is 2.36. The van der Waals surface area contributed by atoms with E-state index in [0.717, 1.165) is 0 Å². The summed E-state index contributed by atoms with van der Waals surface area (Å²) >= 11 is 2.63. The third-order valence-electron chi connectivity index (χ3n) is 0. The van der Waals surface area contributed by atoms with Crippen LogP contribution in [0.25, 0.3) is 0 Å². The van der Waals surface area contributed by atoms with E-state index in [1.807, 2.05) is 15.9 Å². The van der Waals surface area contributed by atoms with E-state index >= 15 is 0 Å². The molecule has 2 nitrogen and oxygen atoms in total. The average Bonchev–Trinajstić information content (AvgIpc) is 1.46. The van der Waals surface area contributed by atoms with Crippen LogP contribution >= 0.6 is 0 Å². The van der Waals surface area contributed by atoms with Gasteiger partial charge >= 0.3 is 63.5 Å². The van der Waals surface area contributed by atoms with Crippen molar-refractivity contribution in [3.05, 3.63) is 0 Å². The molecule has 0 saturated heterocycles. The molecule has 35 valence electrons. The van der Waals surface area contributed by atoms with Gasteiger partial charge in [0.05, 0.1) is 0 Å². The van der Waals surface area contributed by atoms with Crippen molar-refractivity contribution >= 4 is 0 Å². The molecule has 0 aliphatic rings. The van der Waals surface area contributed by atoms with E-state index in [4.69, 9.17) is 7.70 Å². The van der Waals surface area contributed by atoms with Crippen LogP contribution in [0.4, 0.5) is 0 Å². The van der Waals surface area contributed by atoms with Crippen LogP contribution in [-0.4, -0.2) is 0 Å². The van der Waals surface area contributed by atoms with Crippen molar-refractivity contribution in [1.82, 2.24) is 0 Å². The third kappa shape index (κ3) is 27.9. The fourth-order valence-electron chi connectivity index (χ4n) is 0. The molecule has 6 heavy (non-hydrogen) atoms. The molecule has 0 aromatic carbocycles. The summed E-state index contributed by atoms with van der Waals surface area (Å²) in [6.07, 6.45) is 0. The first-order chi connectivity index (χ1) is 2.41. The molecule has 0 aromatic rings. The molecule has 0 heterocycles. The Bertz CT molecular complexity index is 25.5. The number of rotatable bonds is 0. The van der Waals surface area contributed by atoms with E-state index in [9.17, 15) is 0 Å². The summed E-state index contributed by atoms with van der Waals surface area (Å²) in [5.41, 5.74) is 0. The molecule has 0 rings (SSSR count). The van der Waals surface area contributed by atoms with E-state index in [1.165, 1.54) is 0 Å². The predicted molar refractivity (Wildman–Crippen MR) is 1.37 cm³/mol. The Morgan fingerprint density at radius 3 is 1.50 bits per heavy atom. The van der Waals surface area contributed by atoms with E-state index < -0.39 is 0 Å². The molecule has 0 spiro atoms. The van der Waals surface area contributed by atoms with Crippen LogP contribution in [0.2, 0.25) is 0 Å². The van der Waals surface area contributed by atoms with Crippen molar-refractivity contribution in [1.29, 1.82) is 0 Å². The van der Waals surface area contributed by atoms with Gasteiger partial charge in [-0.2, -0.15) is 0 Å². The van der Waals surface area contributed by atoms with Crippen molar-refractivity contribution in [2.24, 2.45) is 0 Å². The molecule has 6 heteroatoms. The molecule has 0 bridgehead atoms. The Balaban J connectivity index is -0.0000000275. The van der Waals surface area contributed by atoms with Crippen LogP contribution in [0, 0.1) is 66.6 Å². The normalized spacial score (nSPS) is 4.00. The zero-order valence-electron chi connectivity index (χ0n) is 2.66. The SMILES string of the molecule is [La].[O]=[Co][La].[O]=[Fe]. The molecular weight excluding hydrogens is 425 g/mol. The summed E-state index contributed by atoms with van der Waals surface area (Å²) in [5.74, 6) is 0. The summed E-state index contributed by atoms with van der Waals surface area (Å²) in [7, 11) is 0.354. The molecule has 0 aliphatic heterocycles. The van der Waals surface area contributed by atoms with Gasteiger partial charge < -0.3 is 0 Å². The molecule has 0 fully saturated rings. The summed E-state index contributed by atoms with van der Waals surface area (Å²) in [6.45, 7) is 0. The molecule has 0 N–H and O–H groups in total. The Labute approximate surface area is 96.6 Å². The third-order valence-corrected chi connectivity index (χ3v) is 0. The Kier molecular flexibility index (Phi) is 65.3. The van der Waals surface area contributed by atoms with Gasteiger partial charge in [-0.3, -0.25) is 0 Å². The second kappa shape index (κ2) is 24.5. The van der Waals surface area contributed by atoms with Crippen molar-refractivity contribution < 1.29 is 99.1 Å². The van der Waals surface area contributed by atoms with Crippen LogP contribution in [0.5, 0.6) is 0 Å². The maximum absolute atomic E-state index is 8.97. The molecule has 0 amide bonds. The first-order valence-corrected chi connectivity index (χ1v) is 6.93. The molecule has 0 atom stereocenters. The van der Waals surface area contributed by atoms with Crippen LogP contribution < -0.4 is 0 Å². The standard InChI is InChI=1S/Co.Fe.2La.2O. The van der Waals surface area contributed by atoms with Crippen LogP contribution in [0.1, 0.15) is 0 Å². The maximum atomic E-state index is 8.97. The Morgan fingerprint density at radius 1 is 1.50 bits per heavy atom. The van der Waals surface area contributed by atoms with Gasteiger partial charge in [0.1, 0.15) is 0 Å². The Hall–Kier alpha value is 3.02. The molecule has 1 radical (unpaired) electrons. The van der Waals surface area contributed by atoms with Crippen LogP contribution in [-0.2, 0) is 32.6 Å². The van der Waals surface area contributed by atoms with Crippen molar-refractivity contribution in [3.8, 4) is 0 Å². The van der Waals surface area contributed by atoms with Gasteiger partial charge in [0.2, 0.25) is 0 Å². The quantitative estimate of drug-likeness (QED) is 0.503. The van der Waals surface area contributed by atoms with Crippen molar-refractivity contribution in [2.75, 3.05) is 0 Å². The van der Waals surface area contributed by atoms with E-state index in [1.54, 1.807) is 0 Å². The van der Waals surface area contributed by atoms with Gasteiger partial charge in [-0.1, -0.05) is 0 Å². The van der Waals surface area contributed by atoms with Gasteiger partial charge in [0.25, 0.3) is 0 Å².